The standard InChI is InChI=1S/C17H18FNO4/c18-12-3-5-13(6-4-12)22-11-15-7-8-16(23-15)17(20)19-10-14-2-1-9-21-14/h3-8,14H,1-2,9-11H2,(H,19,20)/t14-/m1/s1. The third-order valence-corrected chi connectivity index (χ3v) is 3.59. The van der Waals surface area contributed by atoms with Crippen molar-refractivity contribution in [2.24, 2.45) is 0 Å². The Balaban J connectivity index is 1.48. The number of ether oxygens (including phenoxy) is 2. The van der Waals surface area contributed by atoms with Gasteiger partial charge in [-0.15, -0.1) is 0 Å². The van der Waals surface area contributed by atoms with Crippen LogP contribution in [0.15, 0.2) is 40.8 Å². The average Bonchev–Trinajstić information content (AvgIpc) is 3.24. The van der Waals surface area contributed by atoms with Crippen molar-refractivity contribution in [3.05, 3.63) is 53.7 Å². The lowest BCUT2D eigenvalue weighted by Gasteiger charge is -2.09. The number of halogens is 1. The van der Waals surface area contributed by atoms with Crippen LogP contribution in [0.1, 0.15) is 29.2 Å². The number of hydrogen-bond donors (Lipinski definition) is 1. The van der Waals surface area contributed by atoms with Crippen molar-refractivity contribution in [2.45, 2.75) is 25.6 Å². The SMILES string of the molecule is O=C(NC[C@H]1CCCO1)c1ccc(COc2ccc(F)cc2)o1. The van der Waals surface area contributed by atoms with Crippen LogP contribution in [0, 0.1) is 5.82 Å². The molecule has 1 aromatic heterocycles. The van der Waals surface area contributed by atoms with Gasteiger partial charge in [0.05, 0.1) is 6.10 Å². The van der Waals surface area contributed by atoms with Crippen LogP contribution >= 0.6 is 0 Å². The summed E-state index contributed by atoms with van der Waals surface area (Å²) in [6, 6.07) is 9.00. The Bertz CT molecular complexity index is 647. The molecule has 0 unspecified atom stereocenters. The van der Waals surface area contributed by atoms with Gasteiger partial charge in [-0.3, -0.25) is 4.79 Å². The van der Waals surface area contributed by atoms with Gasteiger partial charge in [-0.25, -0.2) is 4.39 Å². The number of hydrogen-bond acceptors (Lipinski definition) is 4. The van der Waals surface area contributed by atoms with Crippen molar-refractivity contribution >= 4 is 5.91 Å². The quantitative estimate of drug-likeness (QED) is 0.889. The third-order valence-electron chi connectivity index (χ3n) is 3.59. The van der Waals surface area contributed by atoms with Crippen molar-refractivity contribution in [1.82, 2.24) is 5.32 Å². The van der Waals surface area contributed by atoms with Crippen molar-refractivity contribution < 1.29 is 23.1 Å². The number of nitrogens with one attached hydrogen (secondary N) is 1. The molecule has 1 fully saturated rings. The van der Waals surface area contributed by atoms with E-state index in [0.717, 1.165) is 19.4 Å². The summed E-state index contributed by atoms with van der Waals surface area (Å²) in [5.41, 5.74) is 0. The van der Waals surface area contributed by atoms with E-state index in [1.807, 2.05) is 0 Å². The lowest BCUT2D eigenvalue weighted by molar-refractivity contribution is 0.0832. The first kappa shape index (κ1) is 15.6. The second-order valence-corrected chi connectivity index (χ2v) is 5.35. The van der Waals surface area contributed by atoms with E-state index in [1.54, 1.807) is 12.1 Å². The lowest BCUT2D eigenvalue weighted by atomic mass is 10.2. The monoisotopic (exact) mass is 319 g/mol. The fourth-order valence-corrected chi connectivity index (χ4v) is 2.36. The van der Waals surface area contributed by atoms with Crippen LogP contribution in [0.3, 0.4) is 0 Å². The second-order valence-electron chi connectivity index (χ2n) is 5.35. The summed E-state index contributed by atoms with van der Waals surface area (Å²) in [6.45, 7) is 1.41. The molecule has 0 saturated carbocycles. The van der Waals surface area contributed by atoms with Crippen LogP contribution in [0.4, 0.5) is 4.39 Å². The fourth-order valence-electron chi connectivity index (χ4n) is 2.36. The topological polar surface area (TPSA) is 60.7 Å². The van der Waals surface area contributed by atoms with Crippen molar-refractivity contribution in [3.63, 3.8) is 0 Å². The molecular formula is C17H18FNO4. The van der Waals surface area contributed by atoms with Crippen LogP contribution in [0.5, 0.6) is 5.75 Å². The first-order valence-electron chi connectivity index (χ1n) is 7.57. The van der Waals surface area contributed by atoms with Gasteiger partial charge >= 0.3 is 0 Å². The van der Waals surface area contributed by atoms with Crippen molar-refractivity contribution in [2.75, 3.05) is 13.2 Å². The molecule has 5 nitrogen and oxygen atoms in total. The number of benzene rings is 1. The highest BCUT2D eigenvalue weighted by atomic mass is 19.1. The Morgan fingerprint density at radius 3 is 2.83 bits per heavy atom. The van der Waals surface area contributed by atoms with Crippen LogP contribution in [0.2, 0.25) is 0 Å². The van der Waals surface area contributed by atoms with E-state index >= 15 is 0 Å². The minimum Gasteiger partial charge on any atom is -0.486 e. The maximum atomic E-state index is 12.8. The number of carbonyl (C=O) groups excluding carboxylic acids is 1. The van der Waals surface area contributed by atoms with Gasteiger partial charge < -0.3 is 19.2 Å². The van der Waals surface area contributed by atoms with Gasteiger partial charge in [-0.05, 0) is 49.2 Å². The Morgan fingerprint density at radius 2 is 2.09 bits per heavy atom. The van der Waals surface area contributed by atoms with Crippen LogP contribution in [-0.2, 0) is 11.3 Å². The van der Waals surface area contributed by atoms with E-state index in [0.29, 0.717) is 18.1 Å². The minimum absolute atomic E-state index is 0.0928. The molecule has 0 radical (unpaired) electrons. The summed E-state index contributed by atoms with van der Waals surface area (Å²) in [6.07, 6.45) is 2.09. The summed E-state index contributed by atoms with van der Waals surface area (Å²) in [5.74, 6) is 0.707. The Kier molecular flexibility index (Phi) is 4.92. The molecule has 23 heavy (non-hydrogen) atoms. The molecule has 1 aromatic carbocycles. The van der Waals surface area contributed by atoms with E-state index in [2.05, 4.69) is 5.32 Å². The molecule has 0 aliphatic carbocycles. The normalized spacial score (nSPS) is 17.2. The summed E-state index contributed by atoms with van der Waals surface area (Å²) in [7, 11) is 0. The number of carbonyl (C=O) groups is 1. The van der Waals surface area contributed by atoms with Gasteiger partial charge in [-0.2, -0.15) is 0 Å². The highest BCUT2D eigenvalue weighted by molar-refractivity contribution is 5.91. The predicted octanol–water partition coefficient (Wildman–Crippen LogP) is 2.91. The van der Waals surface area contributed by atoms with E-state index in [1.165, 1.54) is 24.3 Å². The molecular weight excluding hydrogens is 301 g/mol. The number of furan rings is 1. The highest BCUT2D eigenvalue weighted by Gasteiger charge is 2.18. The zero-order valence-electron chi connectivity index (χ0n) is 12.6. The first-order valence-corrected chi connectivity index (χ1v) is 7.57. The Labute approximate surface area is 133 Å². The zero-order valence-corrected chi connectivity index (χ0v) is 12.6. The number of amides is 1. The van der Waals surface area contributed by atoms with E-state index in [4.69, 9.17) is 13.9 Å². The van der Waals surface area contributed by atoms with Gasteiger partial charge in [0, 0.05) is 13.2 Å². The summed E-state index contributed by atoms with van der Waals surface area (Å²) >= 11 is 0. The summed E-state index contributed by atoms with van der Waals surface area (Å²) < 4.78 is 29.2. The molecule has 0 bridgehead atoms. The fraction of sp³-hybridized carbons (Fsp3) is 0.353. The maximum absolute atomic E-state index is 12.8. The predicted molar refractivity (Wildman–Crippen MR) is 80.7 cm³/mol. The molecule has 0 spiro atoms. The minimum atomic E-state index is -0.319. The Hall–Kier alpha value is -2.34. The largest absolute Gasteiger partial charge is 0.486 e. The van der Waals surface area contributed by atoms with Crippen LogP contribution < -0.4 is 10.1 Å². The average molecular weight is 319 g/mol. The molecule has 1 atom stereocenters. The molecule has 6 heteroatoms. The first-order chi connectivity index (χ1) is 11.2. The van der Waals surface area contributed by atoms with Gasteiger partial charge in [0.15, 0.2) is 5.76 Å². The van der Waals surface area contributed by atoms with Gasteiger partial charge in [-0.1, -0.05) is 0 Å². The van der Waals surface area contributed by atoms with E-state index in [9.17, 15) is 9.18 Å². The molecule has 3 rings (SSSR count). The lowest BCUT2D eigenvalue weighted by Crippen LogP contribution is -2.31. The van der Waals surface area contributed by atoms with Gasteiger partial charge in [0.2, 0.25) is 0 Å². The van der Waals surface area contributed by atoms with E-state index < -0.39 is 0 Å². The molecule has 1 aliphatic heterocycles. The summed E-state index contributed by atoms with van der Waals surface area (Å²) in [5, 5.41) is 2.79. The molecule has 2 heterocycles. The smallest absolute Gasteiger partial charge is 0.287 e. The third kappa shape index (κ3) is 4.32. The van der Waals surface area contributed by atoms with E-state index in [-0.39, 0.29) is 30.2 Å². The molecule has 2 aromatic rings. The molecule has 1 amide bonds. The molecule has 1 aliphatic rings. The maximum Gasteiger partial charge on any atom is 0.287 e. The molecule has 1 N–H and O–H groups in total. The zero-order chi connectivity index (χ0) is 16.1. The van der Waals surface area contributed by atoms with Gasteiger partial charge in [0.25, 0.3) is 5.91 Å². The molecule has 122 valence electrons. The van der Waals surface area contributed by atoms with Crippen LogP contribution in [-0.4, -0.2) is 25.2 Å². The second kappa shape index (κ2) is 7.28. The van der Waals surface area contributed by atoms with Crippen molar-refractivity contribution in [3.8, 4) is 5.75 Å². The highest BCUT2D eigenvalue weighted by Crippen LogP contribution is 2.15. The van der Waals surface area contributed by atoms with Crippen LogP contribution in [0.25, 0.3) is 0 Å². The number of rotatable bonds is 6. The Morgan fingerprint density at radius 1 is 1.26 bits per heavy atom. The van der Waals surface area contributed by atoms with Crippen molar-refractivity contribution in [1.29, 1.82) is 0 Å². The molecule has 1 saturated heterocycles. The van der Waals surface area contributed by atoms with Gasteiger partial charge in [0.1, 0.15) is 23.9 Å². The summed E-state index contributed by atoms with van der Waals surface area (Å²) in [4.78, 5) is 12.0.